The van der Waals surface area contributed by atoms with Crippen LogP contribution in [0, 0.1) is 0 Å². The van der Waals surface area contributed by atoms with Crippen molar-refractivity contribution in [3.05, 3.63) is 42.4 Å². The Morgan fingerprint density at radius 2 is 2.05 bits per heavy atom. The molecule has 22 heavy (non-hydrogen) atoms. The van der Waals surface area contributed by atoms with Gasteiger partial charge in [0.15, 0.2) is 0 Å². The number of anilines is 2. The van der Waals surface area contributed by atoms with Crippen molar-refractivity contribution >= 4 is 23.3 Å². The quantitative estimate of drug-likeness (QED) is 0.791. The maximum atomic E-state index is 11.9. The monoisotopic (exact) mass is 303 g/mol. The van der Waals surface area contributed by atoms with Gasteiger partial charge in [-0.15, -0.1) is 0 Å². The lowest BCUT2D eigenvalue weighted by atomic mass is 10.2. The number of ether oxygens (including phenoxy) is 1. The molecule has 1 aromatic carbocycles. The molecule has 116 valence electrons. The molecule has 0 atom stereocenters. The molecule has 3 amide bonds. The number of hydrogen-bond donors (Lipinski definition) is 3. The predicted molar refractivity (Wildman–Crippen MR) is 81.9 cm³/mol. The molecule has 7 heteroatoms. The molecule has 0 aliphatic heterocycles. The van der Waals surface area contributed by atoms with Gasteiger partial charge in [0, 0.05) is 12.6 Å². The van der Waals surface area contributed by atoms with Crippen LogP contribution >= 0.6 is 0 Å². The molecule has 1 heterocycles. The summed E-state index contributed by atoms with van der Waals surface area (Å²) in [5, 5.41) is 7.97. The maximum absolute atomic E-state index is 11.9. The molecule has 2 aromatic rings. The second kappa shape index (κ2) is 7.16. The molecule has 0 aliphatic carbocycles. The van der Waals surface area contributed by atoms with Crippen LogP contribution in [0.2, 0.25) is 0 Å². The second-order valence-electron chi connectivity index (χ2n) is 4.48. The number of hydrogen-bond acceptors (Lipinski definition) is 4. The van der Waals surface area contributed by atoms with Crippen molar-refractivity contribution in [3.63, 3.8) is 0 Å². The molecule has 0 fully saturated rings. The predicted octanol–water partition coefficient (Wildman–Crippen LogP) is 2.57. The number of urea groups is 1. The van der Waals surface area contributed by atoms with Crippen molar-refractivity contribution in [1.29, 1.82) is 0 Å². The third kappa shape index (κ3) is 4.27. The van der Waals surface area contributed by atoms with E-state index in [1.165, 1.54) is 20.3 Å². The average molecular weight is 303 g/mol. The van der Waals surface area contributed by atoms with E-state index in [0.29, 0.717) is 22.9 Å². The molecule has 2 rings (SSSR count). The minimum Gasteiger partial charge on any atom is -0.495 e. The Balaban J connectivity index is 2.02. The lowest BCUT2D eigenvalue weighted by Crippen LogP contribution is -2.28. The van der Waals surface area contributed by atoms with Crippen LogP contribution in [0.15, 0.2) is 41.0 Å². The van der Waals surface area contributed by atoms with Crippen LogP contribution in [0.4, 0.5) is 16.2 Å². The summed E-state index contributed by atoms with van der Waals surface area (Å²) in [5.74, 6) is 0.940. The Labute approximate surface area is 127 Å². The van der Waals surface area contributed by atoms with E-state index in [1.807, 2.05) is 0 Å². The van der Waals surface area contributed by atoms with Gasteiger partial charge in [-0.2, -0.15) is 0 Å². The molecule has 1 aromatic heterocycles. The third-order valence-corrected chi connectivity index (χ3v) is 2.77. The summed E-state index contributed by atoms with van der Waals surface area (Å²) >= 11 is 0. The molecular weight excluding hydrogens is 286 g/mol. The second-order valence-corrected chi connectivity index (χ2v) is 4.48. The summed E-state index contributed by atoms with van der Waals surface area (Å²) in [5.41, 5.74) is 1.01. The first kappa shape index (κ1) is 15.4. The fourth-order valence-electron chi connectivity index (χ4n) is 1.83. The summed E-state index contributed by atoms with van der Waals surface area (Å²) in [6, 6.07) is 8.06. The zero-order valence-electron chi connectivity index (χ0n) is 12.3. The van der Waals surface area contributed by atoms with E-state index in [4.69, 9.17) is 9.15 Å². The Morgan fingerprint density at radius 1 is 1.23 bits per heavy atom. The molecule has 0 aliphatic rings. The Bertz CT molecular complexity index is 653. The van der Waals surface area contributed by atoms with Gasteiger partial charge in [-0.3, -0.25) is 4.79 Å². The molecule has 7 nitrogen and oxygen atoms in total. The maximum Gasteiger partial charge on any atom is 0.319 e. The Morgan fingerprint density at radius 3 is 2.68 bits per heavy atom. The molecular formula is C15H17N3O4. The van der Waals surface area contributed by atoms with Crippen molar-refractivity contribution in [1.82, 2.24) is 5.32 Å². The normalized spacial score (nSPS) is 9.91. The molecule has 0 radical (unpaired) electrons. The summed E-state index contributed by atoms with van der Waals surface area (Å²) in [6.07, 6.45) is 1.54. The number of rotatable bonds is 5. The summed E-state index contributed by atoms with van der Waals surface area (Å²) in [4.78, 5) is 23.0. The van der Waals surface area contributed by atoms with Crippen LogP contribution in [-0.2, 0) is 11.3 Å². The van der Waals surface area contributed by atoms with Gasteiger partial charge in [0.05, 0.1) is 25.6 Å². The fraction of sp³-hybridized carbons (Fsp3) is 0.200. The fourth-order valence-corrected chi connectivity index (χ4v) is 1.83. The van der Waals surface area contributed by atoms with Crippen molar-refractivity contribution in [2.24, 2.45) is 0 Å². The van der Waals surface area contributed by atoms with E-state index < -0.39 is 6.03 Å². The van der Waals surface area contributed by atoms with Gasteiger partial charge in [0.25, 0.3) is 0 Å². The van der Waals surface area contributed by atoms with Crippen molar-refractivity contribution in [3.8, 4) is 5.75 Å². The van der Waals surface area contributed by atoms with Crippen LogP contribution in [0.25, 0.3) is 0 Å². The van der Waals surface area contributed by atoms with Crippen LogP contribution in [-0.4, -0.2) is 19.0 Å². The highest BCUT2D eigenvalue weighted by Gasteiger charge is 2.09. The van der Waals surface area contributed by atoms with Gasteiger partial charge in [-0.1, -0.05) is 0 Å². The first-order valence-corrected chi connectivity index (χ1v) is 6.61. The molecule has 0 saturated heterocycles. The highest BCUT2D eigenvalue weighted by Crippen LogP contribution is 2.27. The van der Waals surface area contributed by atoms with E-state index >= 15 is 0 Å². The molecule has 3 N–H and O–H groups in total. The number of nitrogens with one attached hydrogen (secondary N) is 3. The third-order valence-electron chi connectivity index (χ3n) is 2.77. The summed E-state index contributed by atoms with van der Waals surface area (Å²) < 4.78 is 10.3. The van der Waals surface area contributed by atoms with Gasteiger partial charge < -0.3 is 25.1 Å². The van der Waals surface area contributed by atoms with Crippen molar-refractivity contribution in [2.75, 3.05) is 17.7 Å². The smallest absolute Gasteiger partial charge is 0.319 e. The zero-order chi connectivity index (χ0) is 15.9. The Hall–Kier alpha value is -2.96. The van der Waals surface area contributed by atoms with E-state index in [2.05, 4.69) is 16.0 Å². The number of carbonyl (C=O) groups is 2. The summed E-state index contributed by atoms with van der Waals surface area (Å²) in [7, 11) is 1.50. The van der Waals surface area contributed by atoms with E-state index in [9.17, 15) is 9.59 Å². The largest absolute Gasteiger partial charge is 0.495 e. The van der Waals surface area contributed by atoms with Crippen molar-refractivity contribution < 1.29 is 18.7 Å². The van der Waals surface area contributed by atoms with E-state index in [-0.39, 0.29) is 12.5 Å². The molecule has 0 saturated carbocycles. The molecule has 0 unspecified atom stereocenters. The minimum atomic E-state index is -0.408. The van der Waals surface area contributed by atoms with Crippen LogP contribution < -0.4 is 20.7 Å². The van der Waals surface area contributed by atoms with Gasteiger partial charge in [-0.05, 0) is 30.3 Å². The molecule has 0 spiro atoms. The van der Waals surface area contributed by atoms with Gasteiger partial charge in [0.2, 0.25) is 5.91 Å². The highest BCUT2D eigenvalue weighted by molar-refractivity contribution is 5.94. The SMILES string of the molecule is COc1ccc(NC(C)=O)cc1NC(=O)NCc1ccco1. The zero-order valence-corrected chi connectivity index (χ0v) is 12.3. The Kier molecular flexibility index (Phi) is 5.02. The van der Waals surface area contributed by atoms with Gasteiger partial charge >= 0.3 is 6.03 Å². The lowest BCUT2D eigenvalue weighted by Gasteiger charge is -2.12. The first-order valence-electron chi connectivity index (χ1n) is 6.61. The standard InChI is InChI=1S/C15H17N3O4/c1-10(19)17-11-5-6-14(21-2)13(8-11)18-15(20)16-9-12-4-3-7-22-12/h3-8H,9H2,1-2H3,(H,17,19)(H2,16,18,20). The number of methoxy groups -OCH3 is 1. The number of benzene rings is 1. The van der Waals surface area contributed by atoms with E-state index in [0.717, 1.165) is 0 Å². The van der Waals surface area contributed by atoms with Gasteiger partial charge in [-0.25, -0.2) is 4.79 Å². The number of carbonyl (C=O) groups excluding carboxylic acids is 2. The topological polar surface area (TPSA) is 92.6 Å². The average Bonchev–Trinajstić information content (AvgIpc) is 2.98. The van der Waals surface area contributed by atoms with Crippen LogP contribution in [0.5, 0.6) is 5.75 Å². The van der Waals surface area contributed by atoms with Gasteiger partial charge in [0.1, 0.15) is 11.5 Å². The first-order chi connectivity index (χ1) is 10.6. The summed E-state index contributed by atoms with van der Waals surface area (Å²) in [6.45, 7) is 1.68. The van der Waals surface area contributed by atoms with Crippen LogP contribution in [0.1, 0.15) is 12.7 Å². The number of furan rings is 1. The highest BCUT2D eigenvalue weighted by atomic mass is 16.5. The number of amides is 3. The minimum absolute atomic E-state index is 0.196. The lowest BCUT2D eigenvalue weighted by molar-refractivity contribution is -0.114. The van der Waals surface area contributed by atoms with Crippen LogP contribution in [0.3, 0.4) is 0 Å². The molecule has 0 bridgehead atoms. The van der Waals surface area contributed by atoms with E-state index in [1.54, 1.807) is 30.3 Å². The van der Waals surface area contributed by atoms with Crippen molar-refractivity contribution in [2.45, 2.75) is 13.5 Å².